The van der Waals surface area contributed by atoms with Crippen LogP contribution in [0.3, 0.4) is 0 Å². The Morgan fingerprint density at radius 1 is 1.12 bits per heavy atom. The van der Waals surface area contributed by atoms with Gasteiger partial charge in [0, 0.05) is 13.1 Å². The fourth-order valence-electron chi connectivity index (χ4n) is 5.25. The highest BCUT2D eigenvalue weighted by Gasteiger charge is 2.35. The first kappa shape index (κ1) is 26.0. The summed E-state index contributed by atoms with van der Waals surface area (Å²) < 4.78 is 10.9. The van der Waals surface area contributed by atoms with E-state index in [1.54, 1.807) is 6.08 Å². The monoisotopic (exact) mass is 468 g/mol. The van der Waals surface area contributed by atoms with Crippen LogP contribution in [0.1, 0.15) is 69.8 Å². The van der Waals surface area contributed by atoms with Crippen molar-refractivity contribution in [3.63, 3.8) is 0 Å². The van der Waals surface area contributed by atoms with Gasteiger partial charge < -0.3 is 19.7 Å². The second-order valence-corrected chi connectivity index (χ2v) is 10.0. The molecule has 0 saturated heterocycles. The Labute approximate surface area is 204 Å². The zero-order chi connectivity index (χ0) is 24.4. The van der Waals surface area contributed by atoms with Gasteiger partial charge >= 0.3 is 12.1 Å². The molecule has 6 heteroatoms. The standard InChI is InChI=1S/C28H40N2O4/c1-4-17-33-26(31)19-28(15-8-5-9-16-28)21-29-27(32)34-24-13-10-12-22(18-24)25-14-7-6-11-23(25)20-30(2)3/h4,10,12-13,18H,1,5-9,11,14-17,19-21H2,2-3H3,(H,29,32). The molecule has 6 nitrogen and oxygen atoms in total. The maximum absolute atomic E-state index is 12.7. The van der Waals surface area contributed by atoms with Gasteiger partial charge in [-0.3, -0.25) is 4.79 Å². The normalized spacial score (nSPS) is 17.9. The van der Waals surface area contributed by atoms with Crippen molar-refractivity contribution >= 4 is 17.6 Å². The summed E-state index contributed by atoms with van der Waals surface area (Å²) in [5, 5.41) is 2.93. The van der Waals surface area contributed by atoms with E-state index in [-0.39, 0.29) is 18.0 Å². The summed E-state index contributed by atoms with van der Waals surface area (Å²) in [6, 6.07) is 7.85. The average Bonchev–Trinajstić information content (AvgIpc) is 2.82. The number of allylic oxidation sites excluding steroid dienone is 1. The average molecular weight is 469 g/mol. The molecular formula is C28H40N2O4. The first-order valence-corrected chi connectivity index (χ1v) is 12.6. The molecule has 0 unspecified atom stereocenters. The van der Waals surface area contributed by atoms with Crippen LogP contribution in [0.2, 0.25) is 0 Å². The van der Waals surface area contributed by atoms with Gasteiger partial charge in [0.1, 0.15) is 12.4 Å². The number of amides is 1. The summed E-state index contributed by atoms with van der Waals surface area (Å²) in [6.07, 6.45) is 11.1. The molecule has 0 atom stereocenters. The number of nitrogens with zero attached hydrogens (tertiary/aromatic N) is 1. The molecule has 0 radical (unpaired) electrons. The zero-order valence-electron chi connectivity index (χ0n) is 20.9. The van der Waals surface area contributed by atoms with Crippen LogP contribution in [0.4, 0.5) is 4.79 Å². The lowest BCUT2D eigenvalue weighted by molar-refractivity contribution is -0.145. The molecule has 1 saturated carbocycles. The van der Waals surface area contributed by atoms with Gasteiger partial charge in [0.05, 0.1) is 6.42 Å². The predicted molar refractivity (Wildman–Crippen MR) is 136 cm³/mol. The van der Waals surface area contributed by atoms with Gasteiger partial charge in [-0.05, 0) is 81.3 Å². The molecule has 186 valence electrons. The maximum atomic E-state index is 12.7. The van der Waals surface area contributed by atoms with Crippen LogP contribution in [-0.2, 0) is 9.53 Å². The number of nitrogens with one attached hydrogen (secondary N) is 1. The topological polar surface area (TPSA) is 67.9 Å². The Morgan fingerprint density at radius 2 is 1.88 bits per heavy atom. The van der Waals surface area contributed by atoms with Gasteiger partial charge in [0.15, 0.2) is 0 Å². The van der Waals surface area contributed by atoms with Crippen LogP contribution in [-0.4, -0.2) is 50.8 Å². The van der Waals surface area contributed by atoms with Crippen molar-refractivity contribution in [2.24, 2.45) is 5.41 Å². The van der Waals surface area contributed by atoms with E-state index in [0.717, 1.165) is 57.1 Å². The third-order valence-electron chi connectivity index (χ3n) is 6.89. The third-order valence-corrected chi connectivity index (χ3v) is 6.89. The number of benzene rings is 1. The maximum Gasteiger partial charge on any atom is 0.412 e. The zero-order valence-corrected chi connectivity index (χ0v) is 20.9. The number of esters is 1. The molecule has 0 aliphatic heterocycles. The molecule has 34 heavy (non-hydrogen) atoms. The van der Waals surface area contributed by atoms with Crippen molar-refractivity contribution in [1.29, 1.82) is 0 Å². The fourth-order valence-corrected chi connectivity index (χ4v) is 5.25. The Balaban J connectivity index is 1.63. The molecule has 2 aliphatic rings. The van der Waals surface area contributed by atoms with Gasteiger partial charge in [0.2, 0.25) is 0 Å². The van der Waals surface area contributed by atoms with Crippen molar-refractivity contribution in [3.05, 3.63) is 48.1 Å². The van der Waals surface area contributed by atoms with E-state index in [1.165, 1.54) is 24.0 Å². The molecule has 0 aromatic heterocycles. The lowest BCUT2D eigenvalue weighted by atomic mass is 9.72. The van der Waals surface area contributed by atoms with Crippen molar-refractivity contribution in [2.75, 3.05) is 33.8 Å². The van der Waals surface area contributed by atoms with Gasteiger partial charge in [-0.15, -0.1) is 0 Å². The smallest absolute Gasteiger partial charge is 0.412 e. The van der Waals surface area contributed by atoms with Gasteiger partial charge in [-0.1, -0.05) is 49.6 Å². The van der Waals surface area contributed by atoms with Crippen LogP contribution in [0.15, 0.2) is 42.5 Å². The van der Waals surface area contributed by atoms with Crippen LogP contribution < -0.4 is 10.1 Å². The molecule has 0 bridgehead atoms. The van der Waals surface area contributed by atoms with Crippen LogP contribution >= 0.6 is 0 Å². The number of rotatable bonds is 10. The quantitative estimate of drug-likeness (QED) is 0.351. The van der Waals surface area contributed by atoms with Crippen molar-refractivity contribution in [3.8, 4) is 5.75 Å². The number of carbonyl (C=O) groups is 2. The van der Waals surface area contributed by atoms with Gasteiger partial charge in [-0.25, -0.2) is 4.79 Å². The van der Waals surface area contributed by atoms with Crippen molar-refractivity contribution < 1.29 is 19.1 Å². The Hall–Kier alpha value is -2.60. The minimum atomic E-state index is -0.479. The molecule has 3 rings (SSSR count). The second kappa shape index (κ2) is 12.7. The first-order valence-electron chi connectivity index (χ1n) is 12.6. The van der Waals surface area contributed by atoms with Crippen LogP contribution in [0.5, 0.6) is 5.75 Å². The minimum Gasteiger partial charge on any atom is -0.461 e. The lowest BCUT2D eigenvalue weighted by Gasteiger charge is -2.36. The van der Waals surface area contributed by atoms with E-state index < -0.39 is 6.09 Å². The second-order valence-electron chi connectivity index (χ2n) is 10.0. The summed E-state index contributed by atoms with van der Waals surface area (Å²) in [5.41, 5.74) is 3.71. The highest BCUT2D eigenvalue weighted by atomic mass is 16.6. The molecule has 1 N–H and O–H groups in total. The molecule has 0 spiro atoms. The molecule has 1 aromatic carbocycles. The van der Waals surface area contributed by atoms with Crippen LogP contribution in [0, 0.1) is 5.41 Å². The van der Waals surface area contributed by atoms with E-state index in [2.05, 4.69) is 37.0 Å². The van der Waals surface area contributed by atoms with Gasteiger partial charge in [-0.2, -0.15) is 0 Å². The number of likely N-dealkylation sites (N-methyl/N-ethyl adjacent to an activating group) is 1. The van der Waals surface area contributed by atoms with Crippen molar-refractivity contribution in [2.45, 2.75) is 64.2 Å². The summed E-state index contributed by atoms with van der Waals surface area (Å²) in [6.45, 7) is 5.17. The number of hydrogen-bond donors (Lipinski definition) is 1. The molecule has 2 aliphatic carbocycles. The summed E-state index contributed by atoms with van der Waals surface area (Å²) in [7, 11) is 4.20. The van der Waals surface area contributed by atoms with E-state index in [0.29, 0.717) is 18.7 Å². The highest BCUT2D eigenvalue weighted by molar-refractivity contribution is 5.74. The van der Waals surface area contributed by atoms with E-state index in [4.69, 9.17) is 9.47 Å². The van der Waals surface area contributed by atoms with E-state index in [9.17, 15) is 9.59 Å². The number of ether oxygens (including phenoxy) is 2. The molecule has 1 fully saturated rings. The van der Waals surface area contributed by atoms with E-state index in [1.807, 2.05) is 18.2 Å². The largest absolute Gasteiger partial charge is 0.461 e. The van der Waals surface area contributed by atoms with Gasteiger partial charge in [0.25, 0.3) is 0 Å². The highest BCUT2D eigenvalue weighted by Crippen LogP contribution is 2.39. The van der Waals surface area contributed by atoms with Crippen LogP contribution in [0.25, 0.3) is 5.57 Å². The minimum absolute atomic E-state index is 0.216. The first-order chi connectivity index (χ1) is 16.4. The Morgan fingerprint density at radius 3 is 2.62 bits per heavy atom. The third kappa shape index (κ3) is 7.73. The molecule has 1 aromatic rings. The lowest BCUT2D eigenvalue weighted by Crippen LogP contribution is -2.41. The summed E-state index contributed by atoms with van der Waals surface area (Å²) in [5.74, 6) is 0.305. The Kier molecular flexibility index (Phi) is 9.75. The predicted octanol–water partition coefficient (Wildman–Crippen LogP) is 5.73. The Bertz CT molecular complexity index is 884. The molecular weight excluding hydrogens is 428 g/mol. The summed E-state index contributed by atoms with van der Waals surface area (Å²) >= 11 is 0. The SMILES string of the molecule is C=CCOC(=O)CC1(CNC(=O)Oc2cccc(C3=C(CN(C)C)CCCC3)c2)CCCCC1. The molecule has 1 amide bonds. The summed E-state index contributed by atoms with van der Waals surface area (Å²) in [4.78, 5) is 27.2. The van der Waals surface area contributed by atoms with Crippen molar-refractivity contribution in [1.82, 2.24) is 10.2 Å². The van der Waals surface area contributed by atoms with E-state index >= 15 is 0 Å². The fraction of sp³-hybridized carbons (Fsp3) is 0.571. The number of hydrogen-bond acceptors (Lipinski definition) is 5. The molecule has 0 heterocycles. The number of carbonyl (C=O) groups excluding carboxylic acids is 2.